The highest BCUT2D eigenvalue weighted by Gasteiger charge is 2.21. The molecule has 0 bridgehead atoms. The molecule has 0 aliphatic carbocycles. The lowest BCUT2D eigenvalue weighted by Gasteiger charge is -2.07. The lowest BCUT2D eigenvalue weighted by molar-refractivity contribution is 0.482. The van der Waals surface area contributed by atoms with Gasteiger partial charge in [0.25, 0.3) is 0 Å². The topological polar surface area (TPSA) is 73.6 Å². The molecule has 1 atom stereocenters. The molecule has 6 heteroatoms. The van der Waals surface area contributed by atoms with E-state index >= 15 is 0 Å². The summed E-state index contributed by atoms with van der Waals surface area (Å²) in [6.45, 7) is 0. The van der Waals surface area contributed by atoms with Crippen LogP contribution in [-0.2, 0) is 0 Å². The van der Waals surface area contributed by atoms with E-state index in [1.165, 1.54) is 16.4 Å². The molecule has 2 aromatic carbocycles. The molecule has 1 unspecified atom stereocenters. The molecule has 0 amide bonds. The predicted octanol–water partition coefficient (Wildman–Crippen LogP) is 3.59. The van der Waals surface area contributed by atoms with Gasteiger partial charge in [-0.25, -0.2) is 4.99 Å². The van der Waals surface area contributed by atoms with Crippen molar-refractivity contribution in [3.8, 4) is 11.5 Å². The number of rotatable bonds is 6. The largest absolute Gasteiger partial charge is 0.457 e. The lowest BCUT2D eigenvalue weighted by Crippen LogP contribution is -2.21. The van der Waals surface area contributed by atoms with Crippen LogP contribution in [0.1, 0.15) is 0 Å². The summed E-state index contributed by atoms with van der Waals surface area (Å²) in [6.07, 6.45) is 0. The normalized spacial score (nSPS) is 16.1. The van der Waals surface area contributed by atoms with E-state index in [4.69, 9.17) is 16.2 Å². The van der Waals surface area contributed by atoms with Gasteiger partial charge < -0.3 is 16.2 Å². The molecule has 114 valence electrons. The van der Waals surface area contributed by atoms with Crippen LogP contribution < -0.4 is 16.2 Å². The molecule has 1 saturated heterocycles. The summed E-state index contributed by atoms with van der Waals surface area (Å²) in [4.78, 5) is 5.25. The predicted molar refractivity (Wildman–Crippen MR) is 95.4 cm³/mol. The Balaban J connectivity index is 1.58. The Morgan fingerprint density at radius 2 is 1.68 bits per heavy atom. The minimum absolute atomic E-state index is 0.0476. The molecule has 1 aliphatic heterocycles. The number of aliphatic imine (C=N–C) groups is 1. The van der Waals surface area contributed by atoms with E-state index < -0.39 is 0 Å². The van der Waals surface area contributed by atoms with E-state index in [0.717, 1.165) is 16.7 Å². The average molecular weight is 331 g/mol. The Morgan fingerprint density at radius 1 is 1.09 bits per heavy atom. The van der Waals surface area contributed by atoms with Crippen LogP contribution in [0.25, 0.3) is 0 Å². The Hall–Kier alpha value is -1.79. The number of nitrogens with zero attached hydrogens (tertiary/aromatic N) is 1. The summed E-state index contributed by atoms with van der Waals surface area (Å²) in [7, 11) is 0. The molecule has 0 aromatic heterocycles. The van der Waals surface area contributed by atoms with Crippen molar-refractivity contribution >= 4 is 35.2 Å². The van der Waals surface area contributed by atoms with Gasteiger partial charge in [0.05, 0.1) is 5.69 Å². The van der Waals surface area contributed by atoms with Crippen molar-refractivity contribution in [2.75, 3.05) is 11.5 Å². The van der Waals surface area contributed by atoms with Crippen LogP contribution >= 0.6 is 23.5 Å². The van der Waals surface area contributed by atoms with Gasteiger partial charge >= 0.3 is 0 Å². The third kappa shape index (κ3) is 4.61. The number of nitrogens with two attached hydrogens (primary N) is 2. The van der Waals surface area contributed by atoms with Gasteiger partial charge in [-0.3, -0.25) is 0 Å². The molecule has 4 nitrogen and oxygen atoms in total. The van der Waals surface area contributed by atoms with Crippen LogP contribution in [0.2, 0.25) is 0 Å². The Bertz CT molecular complexity index is 648. The van der Waals surface area contributed by atoms with Crippen molar-refractivity contribution in [1.82, 2.24) is 0 Å². The first kappa shape index (κ1) is 15.1. The lowest BCUT2D eigenvalue weighted by atomic mass is 10.3. The Morgan fingerprint density at radius 3 is 2.23 bits per heavy atom. The number of ether oxygens (including phenoxy) is 1. The van der Waals surface area contributed by atoms with Crippen molar-refractivity contribution in [3.63, 3.8) is 0 Å². The molecule has 22 heavy (non-hydrogen) atoms. The van der Waals surface area contributed by atoms with Crippen molar-refractivity contribution in [2.24, 2.45) is 16.5 Å². The number of thioether (sulfide) groups is 2. The van der Waals surface area contributed by atoms with Crippen LogP contribution in [0, 0.1) is 0 Å². The zero-order chi connectivity index (χ0) is 15.4. The second-order valence-corrected chi connectivity index (χ2v) is 7.30. The third-order valence-electron chi connectivity index (χ3n) is 2.99. The highest BCUT2D eigenvalue weighted by molar-refractivity contribution is 8.08. The minimum atomic E-state index is 0.0476. The zero-order valence-electron chi connectivity index (χ0n) is 11.9. The third-order valence-corrected chi connectivity index (χ3v) is 5.35. The van der Waals surface area contributed by atoms with Gasteiger partial charge in [-0.15, -0.1) is 11.8 Å². The summed E-state index contributed by atoms with van der Waals surface area (Å²) < 4.78 is 5.81. The van der Waals surface area contributed by atoms with Gasteiger partial charge in [-0.1, -0.05) is 0 Å². The Labute approximate surface area is 138 Å². The molecule has 3 rings (SSSR count). The van der Waals surface area contributed by atoms with E-state index in [1.807, 2.05) is 59.9 Å². The van der Waals surface area contributed by atoms with E-state index in [2.05, 4.69) is 17.1 Å². The Kier molecular flexibility index (Phi) is 4.80. The standard InChI is InChI=1S/C16H17N3OS2/c17-16(18)19-11-1-3-12(4-2-11)20-13-5-7-14(8-6-13)21-9-15-10-22-15/h1-8,15H,9-10H2,(H4,17,18,19). The maximum Gasteiger partial charge on any atom is 0.191 e. The van der Waals surface area contributed by atoms with Gasteiger partial charge in [0.2, 0.25) is 0 Å². The average Bonchev–Trinajstić information content (AvgIpc) is 3.32. The SMILES string of the molecule is NC(N)=Nc1ccc(Oc2ccc(SCC3CS3)cc2)cc1. The van der Waals surface area contributed by atoms with E-state index in [-0.39, 0.29) is 5.96 Å². The van der Waals surface area contributed by atoms with Gasteiger partial charge in [-0.2, -0.15) is 11.8 Å². The fraction of sp³-hybridized carbons (Fsp3) is 0.188. The summed E-state index contributed by atoms with van der Waals surface area (Å²) in [5.74, 6) is 4.12. The first-order valence-corrected chi connectivity index (χ1v) is 8.94. The smallest absolute Gasteiger partial charge is 0.191 e. The first-order valence-electron chi connectivity index (χ1n) is 6.91. The summed E-state index contributed by atoms with van der Waals surface area (Å²) >= 11 is 3.93. The maximum atomic E-state index is 5.81. The number of hydrogen-bond donors (Lipinski definition) is 2. The molecule has 0 spiro atoms. The molecule has 0 radical (unpaired) electrons. The molecule has 0 saturated carbocycles. The van der Waals surface area contributed by atoms with Crippen molar-refractivity contribution in [3.05, 3.63) is 48.5 Å². The summed E-state index contributed by atoms with van der Waals surface area (Å²) in [5.41, 5.74) is 11.4. The molecule has 2 aromatic rings. The number of guanidine groups is 1. The van der Waals surface area contributed by atoms with Crippen molar-refractivity contribution < 1.29 is 4.74 Å². The van der Waals surface area contributed by atoms with Gasteiger partial charge in [0.15, 0.2) is 5.96 Å². The van der Waals surface area contributed by atoms with Gasteiger partial charge in [0, 0.05) is 21.7 Å². The molecule has 1 fully saturated rings. The van der Waals surface area contributed by atoms with Crippen LogP contribution in [0.4, 0.5) is 5.69 Å². The maximum absolute atomic E-state index is 5.81. The molecule has 4 N–H and O–H groups in total. The van der Waals surface area contributed by atoms with E-state index in [1.54, 1.807) is 0 Å². The minimum Gasteiger partial charge on any atom is -0.457 e. The van der Waals surface area contributed by atoms with Crippen LogP contribution in [0.3, 0.4) is 0 Å². The second-order valence-electron chi connectivity index (χ2n) is 4.87. The first-order chi connectivity index (χ1) is 10.7. The zero-order valence-corrected chi connectivity index (χ0v) is 13.6. The molecule has 1 aliphatic rings. The van der Waals surface area contributed by atoms with Crippen molar-refractivity contribution in [1.29, 1.82) is 0 Å². The highest BCUT2D eigenvalue weighted by Crippen LogP contribution is 2.35. The molecular formula is C16H17N3OS2. The fourth-order valence-electron chi connectivity index (χ4n) is 1.83. The fourth-order valence-corrected chi connectivity index (χ4v) is 3.65. The number of hydrogen-bond acceptors (Lipinski definition) is 4. The van der Waals surface area contributed by atoms with E-state index in [9.17, 15) is 0 Å². The molecular weight excluding hydrogens is 314 g/mol. The van der Waals surface area contributed by atoms with Gasteiger partial charge in [-0.05, 0) is 48.5 Å². The highest BCUT2D eigenvalue weighted by atomic mass is 32.2. The second kappa shape index (κ2) is 6.98. The van der Waals surface area contributed by atoms with Gasteiger partial charge in [0.1, 0.15) is 11.5 Å². The number of benzene rings is 2. The monoisotopic (exact) mass is 331 g/mol. The van der Waals surface area contributed by atoms with Crippen LogP contribution in [0.5, 0.6) is 11.5 Å². The van der Waals surface area contributed by atoms with E-state index in [0.29, 0.717) is 5.69 Å². The summed E-state index contributed by atoms with van der Waals surface area (Å²) in [5, 5.41) is 0.852. The molecule has 1 heterocycles. The quantitative estimate of drug-likeness (QED) is 0.366. The summed E-state index contributed by atoms with van der Waals surface area (Å²) in [6, 6.07) is 15.5. The van der Waals surface area contributed by atoms with Crippen LogP contribution in [0.15, 0.2) is 58.4 Å². The van der Waals surface area contributed by atoms with Crippen molar-refractivity contribution in [2.45, 2.75) is 10.1 Å². The van der Waals surface area contributed by atoms with Crippen LogP contribution in [-0.4, -0.2) is 22.7 Å².